The minimum atomic E-state index is -3.66. The smallest absolute Gasteiger partial charge is 0.258 e. The third-order valence-corrected chi connectivity index (χ3v) is 6.12. The maximum Gasteiger partial charge on any atom is 0.258 e. The van der Waals surface area contributed by atoms with Crippen LogP contribution >= 0.6 is 0 Å². The van der Waals surface area contributed by atoms with Gasteiger partial charge in [-0.15, -0.1) is 0 Å². The van der Waals surface area contributed by atoms with Crippen LogP contribution in [0.3, 0.4) is 0 Å². The number of nitrogens with two attached hydrogens (primary N) is 1. The minimum Gasteiger partial charge on any atom is -0.483 e. The van der Waals surface area contributed by atoms with Crippen LogP contribution in [0.1, 0.15) is 36.0 Å². The van der Waals surface area contributed by atoms with Crippen molar-refractivity contribution < 1.29 is 22.7 Å². The molecule has 1 saturated heterocycles. The Morgan fingerprint density at radius 3 is 2.52 bits per heavy atom. The van der Waals surface area contributed by atoms with Crippen molar-refractivity contribution in [1.29, 1.82) is 0 Å². The van der Waals surface area contributed by atoms with Crippen LogP contribution in [0.2, 0.25) is 0 Å². The normalized spacial score (nSPS) is 18.1. The summed E-state index contributed by atoms with van der Waals surface area (Å²) in [7, 11) is -3.66. The van der Waals surface area contributed by atoms with Crippen molar-refractivity contribution in [3.05, 3.63) is 23.8 Å². The third kappa shape index (κ3) is 4.10. The number of carbonyl (C=O) groups is 2. The Morgan fingerprint density at radius 2 is 1.92 bits per heavy atom. The van der Waals surface area contributed by atoms with Crippen molar-refractivity contribution in [2.75, 3.05) is 19.7 Å². The predicted molar refractivity (Wildman–Crippen MR) is 89.6 cm³/mol. The van der Waals surface area contributed by atoms with Crippen LogP contribution in [0.25, 0.3) is 0 Å². The van der Waals surface area contributed by atoms with E-state index in [1.807, 2.05) is 0 Å². The average Bonchev–Trinajstić information content (AvgIpc) is 3.20. The van der Waals surface area contributed by atoms with Gasteiger partial charge in [0.2, 0.25) is 10.0 Å². The number of primary amides is 1. The van der Waals surface area contributed by atoms with E-state index < -0.39 is 15.9 Å². The summed E-state index contributed by atoms with van der Waals surface area (Å²) in [5.41, 5.74) is 5.29. The molecule has 1 aromatic rings. The first kappa shape index (κ1) is 17.7. The molecule has 136 valence electrons. The van der Waals surface area contributed by atoms with E-state index in [0.29, 0.717) is 13.1 Å². The Balaban J connectivity index is 1.77. The van der Waals surface area contributed by atoms with E-state index in [0.717, 1.165) is 25.7 Å². The van der Waals surface area contributed by atoms with Gasteiger partial charge in [-0.2, -0.15) is 4.31 Å². The molecular formula is C16H21N3O5S. The quantitative estimate of drug-likeness (QED) is 0.715. The standard InChI is InChI=1S/C16H21N3O5S/c17-16(21)13-9-12(25(22,23)19-7-1-2-8-19)5-6-14(13)24-10-15(20)18-11-3-4-11/h5-6,9,11H,1-4,7-8,10H2,(H2,17,21)(H,18,20). The summed E-state index contributed by atoms with van der Waals surface area (Å²) in [4.78, 5) is 23.4. The Labute approximate surface area is 146 Å². The Kier molecular flexibility index (Phi) is 4.96. The van der Waals surface area contributed by atoms with Gasteiger partial charge in [0.15, 0.2) is 6.61 Å². The molecule has 1 heterocycles. The molecule has 25 heavy (non-hydrogen) atoms. The van der Waals surface area contributed by atoms with E-state index in [-0.39, 0.29) is 34.8 Å². The molecule has 0 spiro atoms. The van der Waals surface area contributed by atoms with Gasteiger partial charge in [-0.3, -0.25) is 9.59 Å². The second-order valence-electron chi connectivity index (χ2n) is 6.26. The first-order valence-electron chi connectivity index (χ1n) is 8.24. The number of hydrogen-bond acceptors (Lipinski definition) is 5. The topological polar surface area (TPSA) is 119 Å². The number of benzene rings is 1. The molecule has 0 atom stereocenters. The molecule has 2 fully saturated rings. The maximum absolute atomic E-state index is 12.6. The molecule has 3 rings (SSSR count). The van der Waals surface area contributed by atoms with Gasteiger partial charge in [-0.1, -0.05) is 0 Å². The lowest BCUT2D eigenvalue weighted by Crippen LogP contribution is -2.31. The van der Waals surface area contributed by atoms with E-state index in [9.17, 15) is 18.0 Å². The fraction of sp³-hybridized carbons (Fsp3) is 0.500. The lowest BCUT2D eigenvalue weighted by Gasteiger charge is -2.17. The molecule has 2 amide bonds. The van der Waals surface area contributed by atoms with E-state index in [4.69, 9.17) is 10.5 Å². The van der Waals surface area contributed by atoms with E-state index in [1.165, 1.54) is 22.5 Å². The average molecular weight is 367 g/mol. The van der Waals surface area contributed by atoms with Crippen LogP contribution in [0, 0.1) is 0 Å². The molecule has 2 aliphatic rings. The Hall–Kier alpha value is -2.13. The molecule has 0 bridgehead atoms. The minimum absolute atomic E-state index is 0.00187. The van der Waals surface area contributed by atoms with E-state index >= 15 is 0 Å². The summed E-state index contributed by atoms with van der Waals surface area (Å²) in [5, 5.41) is 2.76. The van der Waals surface area contributed by atoms with Gasteiger partial charge in [0.25, 0.3) is 11.8 Å². The number of carbonyl (C=O) groups excluding carboxylic acids is 2. The van der Waals surface area contributed by atoms with Gasteiger partial charge in [-0.05, 0) is 43.9 Å². The number of rotatable bonds is 7. The van der Waals surface area contributed by atoms with E-state index in [1.54, 1.807) is 0 Å². The van der Waals surface area contributed by atoms with Crippen LogP contribution in [-0.2, 0) is 14.8 Å². The summed E-state index contributed by atoms with van der Waals surface area (Å²) in [6.45, 7) is 0.677. The number of nitrogens with one attached hydrogen (secondary N) is 1. The number of sulfonamides is 1. The summed E-state index contributed by atoms with van der Waals surface area (Å²) in [5.74, 6) is -0.999. The molecule has 1 aromatic carbocycles. The summed E-state index contributed by atoms with van der Waals surface area (Å²) in [6, 6.07) is 4.16. The van der Waals surface area contributed by atoms with Gasteiger partial charge >= 0.3 is 0 Å². The zero-order valence-corrected chi connectivity index (χ0v) is 14.5. The zero-order chi connectivity index (χ0) is 18.0. The van der Waals surface area contributed by atoms with Crippen LogP contribution in [0.4, 0.5) is 0 Å². The van der Waals surface area contributed by atoms with Crippen LogP contribution in [0.15, 0.2) is 23.1 Å². The highest BCUT2D eigenvalue weighted by Crippen LogP contribution is 2.26. The molecule has 1 aliphatic carbocycles. The second kappa shape index (κ2) is 7.01. The fourth-order valence-corrected chi connectivity index (χ4v) is 4.25. The molecular weight excluding hydrogens is 346 g/mol. The highest BCUT2D eigenvalue weighted by Gasteiger charge is 2.28. The highest BCUT2D eigenvalue weighted by molar-refractivity contribution is 7.89. The Morgan fingerprint density at radius 1 is 1.24 bits per heavy atom. The number of hydrogen-bond donors (Lipinski definition) is 2. The molecule has 0 aromatic heterocycles. The lowest BCUT2D eigenvalue weighted by atomic mass is 10.2. The molecule has 9 heteroatoms. The SMILES string of the molecule is NC(=O)c1cc(S(=O)(=O)N2CCCC2)ccc1OCC(=O)NC1CC1. The predicted octanol–water partition coefficient (Wildman–Crippen LogP) is 0.227. The monoisotopic (exact) mass is 367 g/mol. The Bertz CT molecular complexity index is 783. The molecule has 3 N–H and O–H groups in total. The summed E-state index contributed by atoms with van der Waals surface area (Å²) in [6.07, 6.45) is 3.56. The van der Waals surface area contributed by atoms with Gasteiger partial charge < -0.3 is 15.8 Å². The van der Waals surface area contributed by atoms with Gasteiger partial charge in [0, 0.05) is 19.1 Å². The van der Waals surface area contributed by atoms with Crippen LogP contribution < -0.4 is 15.8 Å². The number of amides is 2. The van der Waals surface area contributed by atoms with Crippen LogP contribution in [0.5, 0.6) is 5.75 Å². The third-order valence-electron chi connectivity index (χ3n) is 4.22. The van der Waals surface area contributed by atoms with Crippen molar-refractivity contribution in [1.82, 2.24) is 9.62 Å². The van der Waals surface area contributed by atoms with Crippen LogP contribution in [-0.4, -0.2) is 50.3 Å². The first-order chi connectivity index (χ1) is 11.9. The summed E-state index contributed by atoms with van der Waals surface area (Å²) < 4.78 is 31.9. The largest absolute Gasteiger partial charge is 0.483 e. The van der Waals surface area contributed by atoms with Crippen molar-refractivity contribution in [2.45, 2.75) is 36.6 Å². The lowest BCUT2D eigenvalue weighted by molar-refractivity contribution is -0.123. The second-order valence-corrected chi connectivity index (χ2v) is 8.20. The van der Waals surface area contributed by atoms with Gasteiger partial charge in [0.1, 0.15) is 5.75 Å². The molecule has 1 saturated carbocycles. The molecule has 0 unspecified atom stereocenters. The van der Waals surface area contributed by atoms with E-state index in [2.05, 4.69) is 5.32 Å². The van der Waals surface area contributed by atoms with Crippen molar-refractivity contribution in [3.63, 3.8) is 0 Å². The summed E-state index contributed by atoms with van der Waals surface area (Å²) >= 11 is 0. The molecule has 1 aliphatic heterocycles. The van der Waals surface area contributed by atoms with Crippen molar-refractivity contribution in [3.8, 4) is 5.75 Å². The first-order valence-corrected chi connectivity index (χ1v) is 9.68. The maximum atomic E-state index is 12.6. The fourth-order valence-electron chi connectivity index (χ4n) is 2.71. The van der Waals surface area contributed by atoms with Gasteiger partial charge in [0.05, 0.1) is 10.5 Å². The highest BCUT2D eigenvalue weighted by atomic mass is 32.2. The number of ether oxygens (including phenoxy) is 1. The zero-order valence-electron chi connectivity index (χ0n) is 13.7. The molecule has 8 nitrogen and oxygen atoms in total. The van der Waals surface area contributed by atoms with Gasteiger partial charge in [-0.25, -0.2) is 8.42 Å². The molecule has 0 radical (unpaired) electrons. The van der Waals surface area contributed by atoms with Crippen molar-refractivity contribution in [2.24, 2.45) is 5.73 Å². The number of nitrogens with zero attached hydrogens (tertiary/aromatic N) is 1. The van der Waals surface area contributed by atoms with Crippen molar-refractivity contribution >= 4 is 21.8 Å².